The van der Waals surface area contributed by atoms with E-state index in [0.717, 1.165) is 5.56 Å². The van der Waals surface area contributed by atoms with Gasteiger partial charge in [-0.2, -0.15) is 0 Å². The molecular weight excluding hydrogens is 178 g/mol. The number of carbonyl (C=O) groups excluding carboxylic acids is 1. The lowest BCUT2D eigenvalue weighted by Gasteiger charge is -2.03. The number of nitrogens with one attached hydrogen (secondary N) is 3. The van der Waals surface area contributed by atoms with Crippen molar-refractivity contribution in [3.05, 3.63) is 24.0 Å². The highest BCUT2D eigenvalue weighted by atomic mass is 16.1. The van der Waals surface area contributed by atoms with Gasteiger partial charge in [-0.05, 0) is 11.6 Å². The highest BCUT2D eigenvalue weighted by Crippen LogP contribution is 1.94. The Hall–Kier alpha value is -1.73. The van der Waals surface area contributed by atoms with Crippen LogP contribution in [0.4, 0.5) is 0 Å². The average Bonchev–Trinajstić information content (AvgIpc) is 2.68. The second kappa shape index (κ2) is 5.84. The van der Waals surface area contributed by atoms with Crippen LogP contribution < -0.4 is 10.6 Å². The lowest BCUT2D eigenvalue weighted by atomic mass is 10.3. The van der Waals surface area contributed by atoms with E-state index in [1.165, 1.54) is 0 Å². The average molecular weight is 191 g/mol. The van der Waals surface area contributed by atoms with E-state index in [0.29, 0.717) is 13.1 Å². The van der Waals surface area contributed by atoms with Crippen molar-refractivity contribution in [1.82, 2.24) is 15.6 Å². The zero-order chi connectivity index (χ0) is 10.2. The molecule has 0 aliphatic carbocycles. The summed E-state index contributed by atoms with van der Waals surface area (Å²) in [6.45, 7) is 1.21. The van der Waals surface area contributed by atoms with Crippen molar-refractivity contribution in [2.75, 3.05) is 13.1 Å². The van der Waals surface area contributed by atoms with Gasteiger partial charge in [-0.25, -0.2) is 0 Å². The molecule has 0 unspecified atom stereocenters. The van der Waals surface area contributed by atoms with Crippen LogP contribution >= 0.6 is 0 Å². The van der Waals surface area contributed by atoms with Crippen molar-refractivity contribution in [2.45, 2.75) is 6.54 Å². The number of amides is 1. The van der Waals surface area contributed by atoms with Gasteiger partial charge in [-0.3, -0.25) is 10.1 Å². The van der Waals surface area contributed by atoms with Gasteiger partial charge in [0, 0.05) is 18.9 Å². The molecule has 0 bridgehead atoms. The first-order valence-electron chi connectivity index (χ1n) is 4.35. The molecule has 0 saturated heterocycles. The van der Waals surface area contributed by atoms with E-state index in [1.807, 2.05) is 18.5 Å². The van der Waals surface area contributed by atoms with Crippen molar-refractivity contribution in [1.29, 1.82) is 0 Å². The minimum Gasteiger partial charge on any atom is -0.367 e. The maximum Gasteiger partial charge on any atom is 0.234 e. The summed E-state index contributed by atoms with van der Waals surface area (Å²) >= 11 is 0. The van der Waals surface area contributed by atoms with E-state index in [-0.39, 0.29) is 12.5 Å². The fourth-order valence-electron chi connectivity index (χ4n) is 0.980. The van der Waals surface area contributed by atoms with Gasteiger partial charge in [-0.15, -0.1) is 6.42 Å². The normalized spacial score (nSPS) is 9.36. The monoisotopic (exact) mass is 191 g/mol. The highest BCUT2D eigenvalue weighted by molar-refractivity contribution is 5.77. The fraction of sp³-hybridized carbons (Fsp3) is 0.300. The van der Waals surface area contributed by atoms with Crippen molar-refractivity contribution in [3.8, 4) is 12.3 Å². The van der Waals surface area contributed by atoms with E-state index in [9.17, 15) is 4.79 Å². The van der Waals surface area contributed by atoms with Crippen molar-refractivity contribution >= 4 is 5.91 Å². The van der Waals surface area contributed by atoms with Crippen LogP contribution in [0.1, 0.15) is 5.56 Å². The first-order chi connectivity index (χ1) is 6.83. The Labute approximate surface area is 83.1 Å². The SMILES string of the molecule is C#CCNCC(=O)NCc1cc[nH]c1. The van der Waals surface area contributed by atoms with Gasteiger partial charge in [0.2, 0.25) is 5.91 Å². The smallest absolute Gasteiger partial charge is 0.234 e. The van der Waals surface area contributed by atoms with Crippen LogP contribution in [0.15, 0.2) is 18.5 Å². The van der Waals surface area contributed by atoms with Gasteiger partial charge < -0.3 is 10.3 Å². The van der Waals surface area contributed by atoms with Crippen LogP contribution in [0, 0.1) is 12.3 Å². The van der Waals surface area contributed by atoms with Crippen LogP contribution in [0.25, 0.3) is 0 Å². The minimum absolute atomic E-state index is 0.0542. The summed E-state index contributed by atoms with van der Waals surface area (Å²) < 4.78 is 0. The fourth-order valence-corrected chi connectivity index (χ4v) is 0.980. The topological polar surface area (TPSA) is 56.9 Å². The molecule has 4 nitrogen and oxygen atoms in total. The van der Waals surface area contributed by atoms with Gasteiger partial charge in [0.1, 0.15) is 0 Å². The highest BCUT2D eigenvalue weighted by Gasteiger charge is 1.99. The van der Waals surface area contributed by atoms with Crippen LogP contribution in [-0.4, -0.2) is 24.0 Å². The molecule has 74 valence electrons. The number of carbonyl (C=O) groups is 1. The number of hydrogen-bond acceptors (Lipinski definition) is 2. The third kappa shape index (κ3) is 3.78. The standard InChI is InChI=1S/C10H13N3O/c1-2-4-11-8-10(14)13-7-9-3-5-12-6-9/h1,3,5-6,11-12H,4,7-8H2,(H,13,14). The van der Waals surface area contributed by atoms with Crippen LogP contribution in [-0.2, 0) is 11.3 Å². The number of aromatic amines is 1. The first-order valence-corrected chi connectivity index (χ1v) is 4.35. The molecule has 0 aliphatic rings. The molecule has 1 rings (SSSR count). The predicted molar refractivity (Wildman–Crippen MR) is 54.3 cm³/mol. The van der Waals surface area contributed by atoms with Crippen LogP contribution in [0.3, 0.4) is 0 Å². The molecule has 4 heteroatoms. The number of terminal acetylenes is 1. The van der Waals surface area contributed by atoms with Crippen molar-refractivity contribution in [3.63, 3.8) is 0 Å². The molecule has 1 aromatic heterocycles. The second-order valence-corrected chi connectivity index (χ2v) is 2.80. The van der Waals surface area contributed by atoms with Gasteiger partial charge in [0.05, 0.1) is 13.1 Å². The second-order valence-electron chi connectivity index (χ2n) is 2.80. The van der Waals surface area contributed by atoms with Crippen LogP contribution in [0.2, 0.25) is 0 Å². The van der Waals surface area contributed by atoms with Gasteiger partial charge in [0.15, 0.2) is 0 Å². The quantitative estimate of drug-likeness (QED) is 0.448. The molecule has 1 amide bonds. The van der Waals surface area contributed by atoms with Crippen molar-refractivity contribution < 1.29 is 4.79 Å². The largest absolute Gasteiger partial charge is 0.367 e. The zero-order valence-corrected chi connectivity index (χ0v) is 7.84. The lowest BCUT2D eigenvalue weighted by Crippen LogP contribution is -2.33. The summed E-state index contributed by atoms with van der Waals surface area (Å²) in [5, 5.41) is 5.56. The summed E-state index contributed by atoms with van der Waals surface area (Å²) in [4.78, 5) is 14.1. The summed E-state index contributed by atoms with van der Waals surface area (Å²) in [5.41, 5.74) is 1.05. The van der Waals surface area contributed by atoms with Gasteiger partial charge >= 0.3 is 0 Å². The summed E-state index contributed by atoms with van der Waals surface area (Å²) in [7, 11) is 0. The van der Waals surface area contributed by atoms with E-state index in [2.05, 4.69) is 21.5 Å². The maximum absolute atomic E-state index is 11.2. The number of aromatic nitrogens is 1. The van der Waals surface area contributed by atoms with E-state index < -0.39 is 0 Å². The Morgan fingerprint density at radius 1 is 1.64 bits per heavy atom. The van der Waals surface area contributed by atoms with Crippen LogP contribution in [0.5, 0.6) is 0 Å². The Bertz CT molecular complexity index is 311. The van der Waals surface area contributed by atoms with E-state index in [1.54, 1.807) is 0 Å². The Morgan fingerprint density at radius 3 is 3.14 bits per heavy atom. The Morgan fingerprint density at radius 2 is 2.50 bits per heavy atom. The zero-order valence-electron chi connectivity index (χ0n) is 7.84. The lowest BCUT2D eigenvalue weighted by molar-refractivity contribution is -0.120. The van der Waals surface area contributed by atoms with E-state index >= 15 is 0 Å². The molecule has 0 radical (unpaired) electrons. The maximum atomic E-state index is 11.2. The summed E-state index contributed by atoms with van der Waals surface area (Å²) in [5.74, 6) is 2.34. The molecule has 0 fully saturated rings. The molecule has 0 aromatic carbocycles. The molecule has 14 heavy (non-hydrogen) atoms. The minimum atomic E-state index is -0.0542. The van der Waals surface area contributed by atoms with E-state index in [4.69, 9.17) is 6.42 Å². The molecule has 3 N–H and O–H groups in total. The number of rotatable bonds is 5. The Balaban J connectivity index is 2.13. The third-order valence-corrected chi connectivity index (χ3v) is 1.66. The molecule has 1 aromatic rings. The Kier molecular flexibility index (Phi) is 4.32. The predicted octanol–water partition coefficient (Wildman–Crippen LogP) is -0.146. The molecule has 1 heterocycles. The summed E-state index contributed by atoms with van der Waals surface area (Å²) in [6, 6.07) is 1.91. The van der Waals surface area contributed by atoms with Gasteiger partial charge in [-0.1, -0.05) is 5.92 Å². The molecular formula is C10H13N3O. The molecule has 0 saturated carbocycles. The first kappa shape index (κ1) is 10.4. The number of hydrogen-bond donors (Lipinski definition) is 3. The summed E-state index contributed by atoms with van der Waals surface area (Å²) in [6.07, 6.45) is 8.68. The van der Waals surface area contributed by atoms with Gasteiger partial charge in [0.25, 0.3) is 0 Å². The molecule has 0 spiro atoms. The molecule has 0 aliphatic heterocycles. The number of H-pyrrole nitrogens is 1. The molecule has 0 atom stereocenters. The third-order valence-electron chi connectivity index (χ3n) is 1.66. The van der Waals surface area contributed by atoms with Crippen molar-refractivity contribution in [2.24, 2.45) is 0 Å².